The zero-order valence-corrected chi connectivity index (χ0v) is 16.8. The smallest absolute Gasteiger partial charge is 0.288 e. The summed E-state index contributed by atoms with van der Waals surface area (Å²) in [6.07, 6.45) is 1.06. The van der Waals surface area contributed by atoms with Gasteiger partial charge in [-0.15, -0.1) is 5.11 Å². The van der Waals surface area contributed by atoms with Gasteiger partial charge in [0.05, 0.1) is 24.3 Å². The molecule has 1 aromatic carbocycles. The average Bonchev–Trinajstić information content (AvgIpc) is 3.24. The van der Waals surface area contributed by atoms with E-state index in [2.05, 4.69) is 20.2 Å². The maximum atomic E-state index is 14.1. The fourth-order valence-electron chi connectivity index (χ4n) is 2.99. The lowest BCUT2D eigenvalue weighted by molar-refractivity contribution is -0.384. The van der Waals surface area contributed by atoms with Gasteiger partial charge in [0.1, 0.15) is 23.1 Å². The van der Waals surface area contributed by atoms with E-state index in [0.29, 0.717) is 43.4 Å². The molecule has 0 aliphatic carbocycles. The van der Waals surface area contributed by atoms with E-state index in [1.807, 2.05) is 0 Å². The Morgan fingerprint density at radius 1 is 1.26 bits per heavy atom. The monoisotopic (exact) mass is 446 g/mol. The summed E-state index contributed by atoms with van der Waals surface area (Å²) in [5.74, 6) is 0.568. The highest BCUT2D eigenvalue weighted by atomic mass is 35.5. The summed E-state index contributed by atoms with van der Waals surface area (Å²) >= 11 is 5.84. The Labute approximate surface area is 180 Å². The van der Waals surface area contributed by atoms with E-state index in [1.165, 1.54) is 12.1 Å². The largest absolute Gasteiger partial charge is 0.459 e. The van der Waals surface area contributed by atoms with Crippen LogP contribution in [0.1, 0.15) is 5.76 Å². The van der Waals surface area contributed by atoms with Crippen LogP contribution in [0.4, 0.5) is 21.8 Å². The van der Waals surface area contributed by atoms with Crippen molar-refractivity contribution in [1.82, 2.24) is 9.97 Å². The molecule has 0 unspecified atom stereocenters. The number of hydrogen-bond acceptors (Lipinski definition) is 9. The second-order valence-corrected chi connectivity index (χ2v) is 6.94. The third kappa shape index (κ3) is 4.84. The SMILES string of the molecule is O=[N+]([O-])c1cc(-c2ccc(CN=Nc3ncc(F)c(N4CCOCC4)n3)o2)ccc1Cl. The molecule has 3 aromatic rings. The molecule has 160 valence electrons. The normalized spacial score (nSPS) is 14.3. The zero-order chi connectivity index (χ0) is 21.8. The molecule has 1 saturated heterocycles. The Hall–Kier alpha value is -3.44. The number of halogens is 2. The van der Waals surface area contributed by atoms with Crippen molar-refractivity contribution in [3.63, 3.8) is 0 Å². The van der Waals surface area contributed by atoms with Gasteiger partial charge in [-0.3, -0.25) is 10.1 Å². The lowest BCUT2D eigenvalue weighted by Gasteiger charge is -2.27. The van der Waals surface area contributed by atoms with Gasteiger partial charge in [0.25, 0.3) is 11.6 Å². The fourth-order valence-corrected chi connectivity index (χ4v) is 3.17. The number of nitro benzene ring substituents is 1. The molecule has 31 heavy (non-hydrogen) atoms. The number of morpholine rings is 1. The van der Waals surface area contributed by atoms with Crippen molar-refractivity contribution in [3.8, 4) is 11.3 Å². The maximum Gasteiger partial charge on any atom is 0.288 e. The molecular weight excluding hydrogens is 431 g/mol. The summed E-state index contributed by atoms with van der Waals surface area (Å²) < 4.78 is 25.0. The van der Waals surface area contributed by atoms with Crippen molar-refractivity contribution >= 4 is 29.1 Å². The van der Waals surface area contributed by atoms with Gasteiger partial charge in [-0.25, -0.2) is 9.37 Å². The summed E-state index contributed by atoms with van der Waals surface area (Å²) in [4.78, 5) is 20.2. The van der Waals surface area contributed by atoms with Crippen LogP contribution in [0.2, 0.25) is 5.02 Å². The number of nitro groups is 1. The lowest BCUT2D eigenvalue weighted by atomic mass is 10.1. The van der Waals surface area contributed by atoms with E-state index in [1.54, 1.807) is 23.1 Å². The molecule has 0 amide bonds. The molecule has 2 aromatic heterocycles. The van der Waals surface area contributed by atoms with E-state index < -0.39 is 10.7 Å². The lowest BCUT2D eigenvalue weighted by Crippen LogP contribution is -2.37. The molecule has 1 aliphatic rings. The first-order chi connectivity index (χ1) is 15.0. The quantitative estimate of drug-likeness (QED) is 0.309. The molecule has 0 bridgehead atoms. The predicted molar refractivity (Wildman–Crippen MR) is 109 cm³/mol. The summed E-state index contributed by atoms with van der Waals surface area (Å²) in [6.45, 7) is 2.14. The molecule has 4 rings (SSSR count). The number of ether oxygens (including phenoxy) is 1. The molecule has 0 spiro atoms. The number of anilines is 1. The van der Waals surface area contributed by atoms with E-state index in [-0.39, 0.29) is 29.0 Å². The average molecular weight is 447 g/mol. The molecule has 0 radical (unpaired) electrons. The molecule has 0 saturated carbocycles. The van der Waals surface area contributed by atoms with Crippen LogP contribution in [-0.2, 0) is 11.3 Å². The number of aromatic nitrogens is 2. The van der Waals surface area contributed by atoms with Gasteiger partial charge < -0.3 is 14.1 Å². The number of rotatable bonds is 6. The van der Waals surface area contributed by atoms with Crippen LogP contribution in [0.3, 0.4) is 0 Å². The Balaban J connectivity index is 1.45. The second-order valence-electron chi connectivity index (χ2n) is 6.53. The number of azo groups is 1. The van der Waals surface area contributed by atoms with Gasteiger partial charge in [-0.2, -0.15) is 10.1 Å². The zero-order valence-electron chi connectivity index (χ0n) is 16.1. The maximum absolute atomic E-state index is 14.1. The highest BCUT2D eigenvalue weighted by molar-refractivity contribution is 6.32. The van der Waals surface area contributed by atoms with Crippen molar-refractivity contribution in [3.05, 3.63) is 63.2 Å². The Bertz CT molecular complexity index is 1130. The summed E-state index contributed by atoms with van der Waals surface area (Å²) in [7, 11) is 0. The van der Waals surface area contributed by atoms with Gasteiger partial charge in [0.2, 0.25) is 0 Å². The first-order valence-corrected chi connectivity index (χ1v) is 9.65. The van der Waals surface area contributed by atoms with E-state index in [0.717, 1.165) is 6.20 Å². The van der Waals surface area contributed by atoms with Crippen molar-refractivity contribution in [2.45, 2.75) is 6.54 Å². The highest BCUT2D eigenvalue weighted by Crippen LogP contribution is 2.31. The van der Waals surface area contributed by atoms with Crippen LogP contribution in [0.15, 0.2) is 51.2 Å². The van der Waals surface area contributed by atoms with Crippen molar-refractivity contribution in [2.24, 2.45) is 10.2 Å². The van der Waals surface area contributed by atoms with Crippen LogP contribution in [0.5, 0.6) is 0 Å². The summed E-state index contributed by atoms with van der Waals surface area (Å²) in [5.41, 5.74) is 0.303. The van der Waals surface area contributed by atoms with E-state index in [4.69, 9.17) is 20.8 Å². The number of hydrogen-bond donors (Lipinski definition) is 0. The molecule has 10 nitrogen and oxygen atoms in total. The standard InChI is InChI=1S/C19H16ClFN6O4/c20-14-3-1-12(9-16(14)27(28)29)17-4-2-13(31-17)10-23-25-19-22-11-15(21)18(24-19)26-5-7-30-8-6-26/h1-4,9,11H,5-8,10H2. The Kier molecular flexibility index (Phi) is 6.14. The van der Waals surface area contributed by atoms with E-state index in [9.17, 15) is 14.5 Å². The van der Waals surface area contributed by atoms with Crippen molar-refractivity contribution in [2.75, 3.05) is 31.2 Å². The van der Waals surface area contributed by atoms with Crippen LogP contribution >= 0.6 is 11.6 Å². The molecule has 3 heterocycles. The molecule has 1 fully saturated rings. The molecule has 12 heteroatoms. The van der Waals surface area contributed by atoms with Gasteiger partial charge in [-0.1, -0.05) is 11.6 Å². The summed E-state index contributed by atoms with van der Waals surface area (Å²) in [6, 6.07) is 7.75. The minimum atomic E-state index is -0.558. The fraction of sp³-hybridized carbons (Fsp3) is 0.263. The Morgan fingerprint density at radius 3 is 2.84 bits per heavy atom. The number of furan rings is 1. The van der Waals surface area contributed by atoms with Gasteiger partial charge >= 0.3 is 0 Å². The topological polar surface area (TPSA) is 119 Å². The predicted octanol–water partition coefficient (Wildman–Crippen LogP) is 4.56. The molecule has 1 aliphatic heterocycles. The summed E-state index contributed by atoms with van der Waals surface area (Å²) in [5, 5.41) is 19.0. The third-order valence-corrected chi connectivity index (χ3v) is 4.82. The van der Waals surface area contributed by atoms with Crippen molar-refractivity contribution in [1.29, 1.82) is 0 Å². The van der Waals surface area contributed by atoms with Crippen LogP contribution < -0.4 is 4.90 Å². The van der Waals surface area contributed by atoms with E-state index >= 15 is 0 Å². The van der Waals surface area contributed by atoms with Crippen LogP contribution in [0.25, 0.3) is 11.3 Å². The van der Waals surface area contributed by atoms with Crippen LogP contribution in [-0.4, -0.2) is 41.2 Å². The third-order valence-electron chi connectivity index (χ3n) is 4.50. The molecule has 0 atom stereocenters. The molecular formula is C19H16ClFN6O4. The van der Waals surface area contributed by atoms with Gasteiger partial charge in [0, 0.05) is 24.7 Å². The highest BCUT2D eigenvalue weighted by Gasteiger charge is 2.18. The second kappa shape index (κ2) is 9.14. The minimum absolute atomic E-state index is 0.0306. The van der Waals surface area contributed by atoms with Crippen molar-refractivity contribution < 1.29 is 18.5 Å². The number of nitrogens with zero attached hydrogens (tertiary/aromatic N) is 6. The number of benzene rings is 1. The molecule has 0 N–H and O–H groups in total. The van der Waals surface area contributed by atoms with Gasteiger partial charge in [-0.05, 0) is 24.3 Å². The van der Waals surface area contributed by atoms with Crippen LogP contribution in [0, 0.1) is 15.9 Å². The minimum Gasteiger partial charge on any atom is -0.459 e. The first kappa shape index (κ1) is 20.8. The van der Waals surface area contributed by atoms with Gasteiger partial charge in [0.15, 0.2) is 11.6 Å². The first-order valence-electron chi connectivity index (χ1n) is 9.27. The Morgan fingerprint density at radius 2 is 2.06 bits per heavy atom.